The molecule has 0 bridgehead atoms. The molecule has 24 heavy (non-hydrogen) atoms. The fourth-order valence-corrected chi connectivity index (χ4v) is 3.15. The third-order valence-corrected chi connectivity index (χ3v) is 4.57. The lowest BCUT2D eigenvalue weighted by atomic mass is 9.83. The molecule has 0 amide bonds. The molecule has 0 N–H and O–H groups in total. The van der Waals surface area contributed by atoms with Crippen molar-refractivity contribution in [3.63, 3.8) is 0 Å². The first kappa shape index (κ1) is 16.4. The van der Waals surface area contributed by atoms with E-state index in [4.69, 9.17) is 4.84 Å². The summed E-state index contributed by atoms with van der Waals surface area (Å²) in [6.45, 7) is 0. The lowest BCUT2D eigenvalue weighted by Gasteiger charge is -2.22. The summed E-state index contributed by atoms with van der Waals surface area (Å²) in [6, 6.07) is 20.6. The van der Waals surface area contributed by atoms with Crippen LogP contribution in [0.1, 0.15) is 49.1 Å². The Morgan fingerprint density at radius 3 is 2.25 bits per heavy atom. The number of hydrogen-bond donors (Lipinski definition) is 0. The zero-order chi connectivity index (χ0) is 16.6. The van der Waals surface area contributed by atoms with Crippen LogP contribution in [0.3, 0.4) is 0 Å². The first-order valence-electron chi connectivity index (χ1n) is 8.66. The fraction of sp³-hybridized carbons (Fsp3) is 0.333. The molecule has 2 aromatic carbocycles. The topological polar surface area (TPSA) is 38.7 Å². The van der Waals surface area contributed by atoms with Gasteiger partial charge in [0.1, 0.15) is 0 Å². The van der Waals surface area contributed by atoms with Crippen LogP contribution in [0.2, 0.25) is 0 Å². The summed E-state index contributed by atoms with van der Waals surface area (Å²) in [5.74, 6) is 0.343. The third-order valence-electron chi connectivity index (χ3n) is 4.57. The molecule has 1 saturated carbocycles. The number of hydrogen-bond acceptors (Lipinski definition) is 3. The Morgan fingerprint density at radius 1 is 0.958 bits per heavy atom. The summed E-state index contributed by atoms with van der Waals surface area (Å²) in [6.07, 6.45) is 5.03. The van der Waals surface area contributed by atoms with Gasteiger partial charge in [0.05, 0.1) is 12.1 Å². The second-order valence-electron chi connectivity index (χ2n) is 6.29. The van der Waals surface area contributed by atoms with Gasteiger partial charge in [-0.05, 0) is 49.1 Å². The van der Waals surface area contributed by atoms with Crippen LogP contribution in [0.4, 0.5) is 0 Å². The smallest absolute Gasteiger partial charge is 0.318 e. The number of aryl methyl sites for hydroxylation is 1. The quantitative estimate of drug-likeness (QED) is 0.582. The largest absolute Gasteiger partial charge is 0.335 e. The van der Waals surface area contributed by atoms with Crippen LogP contribution < -0.4 is 0 Å². The molecule has 0 radical (unpaired) electrons. The highest BCUT2D eigenvalue weighted by Crippen LogP contribution is 2.31. The van der Waals surface area contributed by atoms with Crippen LogP contribution in [0.15, 0.2) is 65.8 Å². The van der Waals surface area contributed by atoms with E-state index >= 15 is 0 Å². The molecule has 124 valence electrons. The number of oxime groups is 1. The maximum Gasteiger partial charge on any atom is 0.335 e. The second-order valence-corrected chi connectivity index (χ2v) is 6.29. The third kappa shape index (κ3) is 4.79. The molecule has 1 fully saturated rings. The Balaban J connectivity index is 1.42. The Kier molecular flexibility index (Phi) is 5.78. The molecule has 2 aromatic rings. The van der Waals surface area contributed by atoms with Gasteiger partial charge in [-0.15, -0.1) is 0 Å². The summed E-state index contributed by atoms with van der Waals surface area (Å²) in [5, 5.41) is 4.09. The van der Waals surface area contributed by atoms with Crippen LogP contribution in [0.25, 0.3) is 0 Å². The van der Waals surface area contributed by atoms with Crippen LogP contribution in [0.5, 0.6) is 0 Å². The van der Waals surface area contributed by atoms with Gasteiger partial charge in [-0.1, -0.05) is 65.8 Å². The number of carbonyl (C=O) groups excluding carboxylic acids is 1. The van der Waals surface area contributed by atoms with Crippen molar-refractivity contribution < 1.29 is 9.63 Å². The molecule has 1 aliphatic carbocycles. The standard InChI is InChI=1S/C21H23NO2/c23-21(16-11-17-7-3-1-4-8-17)24-22-20-14-12-19(13-15-20)18-9-5-2-6-10-18/h1-10,19H,11-16H2. The highest BCUT2D eigenvalue weighted by Gasteiger charge is 2.19. The Morgan fingerprint density at radius 2 is 1.58 bits per heavy atom. The van der Waals surface area contributed by atoms with E-state index in [2.05, 4.69) is 29.4 Å². The van der Waals surface area contributed by atoms with Crippen molar-refractivity contribution in [2.24, 2.45) is 5.16 Å². The first-order valence-corrected chi connectivity index (χ1v) is 8.66. The minimum absolute atomic E-state index is 0.253. The summed E-state index contributed by atoms with van der Waals surface area (Å²) in [4.78, 5) is 16.9. The monoisotopic (exact) mass is 321 g/mol. The van der Waals surface area contributed by atoms with Crippen molar-refractivity contribution in [3.8, 4) is 0 Å². The molecular formula is C21H23NO2. The van der Waals surface area contributed by atoms with Crippen molar-refractivity contribution in [1.82, 2.24) is 0 Å². The average molecular weight is 321 g/mol. The Labute approximate surface area is 143 Å². The second kappa shape index (κ2) is 8.44. The van der Waals surface area contributed by atoms with E-state index in [9.17, 15) is 4.79 Å². The number of benzene rings is 2. The van der Waals surface area contributed by atoms with E-state index in [1.807, 2.05) is 36.4 Å². The maximum atomic E-state index is 11.8. The van der Waals surface area contributed by atoms with Gasteiger partial charge in [-0.25, -0.2) is 4.79 Å². The maximum absolute atomic E-state index is 11.8. The van der Waals surface area contributed by atoms with Gasteiger partial charge < -0.3 is 4.84 Å². The summed E-state index contributed by atoms with van der Waals surface area (Å²) in [7, 11) is 0. The minimum atomic E-state index is -0.253. The van der Waals surface area contributed by atoms with E-state index in [0.29, 0.717) is 18.8 Å². The van der Waals surface area contributed by atoms with Gasteiger partial charge in [0.15, 0.2) is 0 Å². The zero-order valence-electron chi connectivity index (χ0n) is 13.9. The highest BCUT2D eigenvalue weighted by atomic mass is 16.7. The molecule has 0 unspecified atom stereocenters. The Bertz CT molecular complexity index is 669. The van der Waals surface area contributed by atoms with Crippen molar-refractivity contribution in [2.75, 3.05) is 0 Å². The van der Waals surface area contributed by atoms with E-state index < -0.39 is 0 Å². The first-order chi connectivity index (χ1) is 11.8. The lowest BCUT2D eigenvalue weighted by Crippen LogP contribution is -2.14. The molecule has 0 heterocycles. The molecule has 3 nitrogen and oxygen atoms in total. The number of rotatable bonds is 5. The fourth-order valence-electron chi connectivity index (χ4n) is 3.15. The van der Waals surface area contributed by atoms with Crippen molar-refractivity contribution in [1.29, 1.82) is 0 Å². The van der Waals surface area contributed by atoms with Crippen LogP contribution in [-0.4, -0.2) is 11.7 Å². The van der Waals surface area contributed by atoms with E-state index in [0.717, 1.165) is 37.0 Å². The molecule has 0 spiro atoms. The van der Waals surface area contributed by atoms with Crippen LogP contribution in [-0.2, 0) is 16.1 Å². The van der Waals surface area contributed by atoms with Gasteiger partial charge in [0.2, 0.25) is 0 Å². The molecule has 0 aliphatic heterocycles. The molecule has 1 aliphatic rings. The van der Waals surface area contributed by atoms with Gasteiger partial charge in [-0.2, -0.15) is 0 Å². The molecule has 0 atom stereocenters. The molecule has 3 heteroatoms. The van der Waals surface area contributed by atoms with E-state index in [1.165, 1.54) is 5.56 Å². The van der Waals surface area contributed by atoms with Gasteiger partial charge >= 0.3 is 5.97 Å². The van der Waals surface area contributed by atoms with Crippen molar-refractivity contribution >= 4 is 11.7 Å². The van der Waals surface area contributed by atoms with Gasteiger partial charge in [-0.3, -0.25) is 0 Å². The van der Waals surface area contributed by atoms with Gasteiger partial charge in [0, 0.05) is 0 Å². The van der Waals surface area contributed by atoms with Crippen molar-refractivity contribution in [3.05, 3.63) is 71.8 Å². The minimum Gasteiger partial charge on any atom is -0.318 e. The number of nitrogens with zero attached hydrogens (tertiary/aromatic N) is 1. The van der Waals surface area contributed by atoms with Crippen molar-refractivity contribution in [2.45, 2.75) is 44.4 Å². The average Bonchev–Trinajstić information content (AvgIpc) is 2.67. The zero-order valence-corrected chi connectivity index (χ0v) is 13.9. The lowest BCUT2D eigenvalue weighted by molar-refractivity contribution is -0.143. The van der Waals surface area contributed by atoms with Crippen LogP contribution in [0, 0.1) is 0 Å². The van der Waals surface area contributed by atoms with Crippen LogP contribution >= 0.6 is 0 Å². The predicted octanol–water partition coefficient (Wildman–Crippen LogP) is 4.88. The van der Waals surface area contributed by atoms with Gasteiger partial charge in [0.25, 0.3) is 0 Å². The summed E-state index contributed by atoms with van der Waals surface area (Å²) < 4.78 is 0. The molecule has 0 aromatic heterocycles. The highest BCUT2D eigenvalue weighted by molar-refractivity contribution is 5.85. The molecule has 3 rings (SSSR count). The number of carbonyl (C=O) groups is 1. The van der Waals surface area contributed by atoms with E-state index in [-0.39, 0.29) is 5.97 Å². The summed E-state index contributed by atoms with van der Waals surface area (Å²) >= 11 is 0. The SMILES string of the molecule is O=C(CCc1ccccc1)ON=C1CCC(c2ccccc2)CC1. The van der Waals surface area contributed by atoms with E-state index in [1.54, 1.807) is 0 Å². The summed E-state index contributed by atoms with van der Waals surface area (Å²) in [5.41, 5.74) is 3.55. The molecular weight excluding hydrogens is 298 g/mol. The predicted molar refractivity (Wildman–Crippen MR) is 95.9 cm³/mol. The molecule has 0 saturated heterocycles. The normalized spacial score (nSPS) is 17.3. The Hall–Kier alpha value is -2.42.